The normalized spacial score (nSPS) is 18.8. The topological polar surface area (TPSA) is 60.5 Å². The zero-order chi connectivity index (χ0) is 16.0. The molecule has 5 nitrogen and oxygen atoms in total. The van der Waals surface area contributed by atoms with Gasteiger partial charge in [-0.3, -0.25) is 4.79 Å². The van der Waals surface area contributed by atoms with Crippen molar-refractivity contribution in [2.24, 2.45) is 5.92 Å². The number of carbonyl (C=O) groups excluding carboxylic acids is 1. The lowest BCUT2D eigenvalue weighted by Gasteiger charge is -2.21. The Balaban J connectivity index is 1.69. The Kier molecular flexibility index (Phi) is 5.59. The molecular formula is C14H17F3N2O3. The van der Waals surface area contributed by atoms with E-state index in [-0.39, 0.29) is 30.9 Å². The number of carbonyl (C=O) groups is 1. The van der Waals surface area contributed by atoms with Crippen LogP contribution in [-0.2, 0) is 15.7 Å². The van der Waals surface area contributed by atoms with Crippen LogP contribution in [-0.4, -0.2) is 37.3 Å². The number of rotatable bonds is 5. The summed E-state index contributed by atoms with van der Waals surface area (Å²) in [6, 6.07) is 2.06. The maximum absolute atomic E-state index is 12.4. The summed E-state index contributed by atoms with van der Waals surface area (Å²) in [5, 5.41) is 2.71. The molecule has 1 atom stereocenters. The molecule has 0 aromatic carbocycles. The number of amides is 1. The van der Waals surface area contributed by atoms with E-state index in [0.717, 1.165) is 25.0 Å². The Hall–Kier alpha value is -1.83. The third-order valence-corrected chi connectivity index (χ3v) is 3.25. The highest BCUT2D eigenvalue weighted by Gasteiger charge is 2.30. The second-order valence-electron chi connectivity index (χ2n) is 4.94. The maximum atomic E-state index is 12.4. The lowest BCUT2D eigenvalue weighted by atomic mass is 10.0. The van der Waals surface area contributed by atoms with Gasteiger partial charge in [0.05, 0.1) is 24.6 Å². The molecule has 1 aromatic heterocycles. The highest BCUT2D eigenvalue weighted by Crippen LogP contribution is 2.29. The molecule has 8 heteroatoms. The molecule has 0 saturated carbocycles. The molecule has 1 aromatic rings. The molecule has 0 unspecified atom stereocenters. The fourth-order valence-corrected chi connectivity index (χ4v) is 2.06. The van der Waals surface area contributed by atoms with Gasteiger partial charge in [0, 0.05) is 18.9 Å². The summed E-state index contributed by atoms with van der Waals surface area (Å²) in [7, 11) is 0. The van der Waals surface area contributed by atoms with Crippen molar-refractivity contribution in [1.29, 1.82) is 0 Å². The number of hydrogen-bond donors (Lipinski definition) is 1. The summed E-state index contributed by atoms with van der Waals surface area (Å²) in [4.78, 5) is 15.4. The van der Waals surface area contributed by atoms with E-state index in [1.54, 1.807) is 0 Å². The molecule has 2 rings (SSSR count). The molecule has 0 radical (unpaired) electrons. The van der Waals surface area contributed by atoms with Crippen molar-refractivity contribution in [3.05, 3.63) is 23.9 Å². The van der Waals surface area contributed by atoms with Gasteiger partial charge in [0.15, 0.2) is 0 Å². The molecule has 1 N–H and O–H groups in total. The van der Waals surface area contributed by atoms with E-state index in [4.69, 9.17) is 9.47 Å². The SMILES string of the molecule is O=C(NCCOc1ccc(C(F)(F)F)cn1)[C@@H]1CCCOC1. The number of ether oxygens (including phenoxy) is 2. The van der Waals surface area contributed by atoms with Crippen molar-refractivity contribution in [2.75, 3.05) is 26.4 Å². The quantitative estimate of drug-likeness (QED) is 0.844. The number of nitrogens with zero attached hydrogens (tertiary/aromatic N) is 1. The highest BCUT2D eigenvalue weighted by molar-refractivity contribution is 5.78. The number of aromatic nitrogens is 1. The summed E-state index contributed by atoms with van der Waals surface area (Å²) in [5.74, 6) is -0.148. The third-order valence-electron chi connectivity index (χ3n) is 3.25. The van der Waals surface area contributed by atoms with Crippen LogP contribution in [0.25, 0.3) is 0 Å². The predicted molar refractivity (Wildman–Crippen MR) is 71.3 cm³/mol. The molecule has 1 aliphatic heterocycles. The van der Waals surface area contributed by atoms with Gasteiger partial charge in [-0.05, 0) is 18.9 Å². The average Bonchev–Trinajstić information content (AvgIpc) is 2.52. The molecule has 0 aliphatic carbocycles. The number of halogens is 3. The van der Waals surface area contributed by atoms with Crippen molar-refractivity contribution < 1.29 is 27.4 Å². The molecular weight excluding hydrogens is 301 g/mol. The van der Waals surface area contributed by atoms with Crippen LogP contribution in [0, 0.1) is 5.92 Å². The molecule has 1 saturated heterocycles. The van der Waals surface area contributed by atoms with Gasteiger partial charge in [-0.25, -0.2) is 4.98 Å². The number of alkyl halides is 3. The molecule has 1 fully saturated rings. The van der Waals surface area contributed by atoms with Crippen LogP contribution >= 0.6 is 0 Å². The van der Waals surface area contributed by atoms with Crippen LogP contribution in [0.5, 0.6) is 5.88 Å². The van der Waals surface area contributed by atoms with Crippen LogP contribution in [0.15, 0.2) is 18.3 Å². The van der Waals surface area contributed by atoms with Crippen LogP contribution in [0.1, 0.15) is 18.4 Å². The molecule has 22 heavy (non-hydrogen) atoms. The minimum Gasteiger partial charge on any atom is -0.476 e. The fraction of sp³-hybridized carbons (Fsp3) is 0.571. The van der Waals surface area contributed by atoms with Gasteiger partial charge >= 0.3 is 6.18 Å². The van der Waals surface area contributed by atoms with Crippen molar-refractivity contribution in [2.45, 2.75) is 19.0 Å². The van der Waals surface area contributed by atoms with E-state index in [9.17, 15) is 18.0 Å². The zero-order valence-corrected chi connectivity index (χ0v) is 11.9. The third kappa shape index (κ3) is 4.87. The smallest absolute Gasteiger partial charge is 0.417 e. The van der Waals surface area contributed by atoms with Crippen molar-refractivity contribution in [1.82, 2.24) is 10.3 Å². The average molecular weight is 318 g/mol. The Morgan fingerprint density at radius 1 is 1.45 bits per heavy atom. The monoisotopic (exact) mass is 318 g/mol. The van der Waals surface area contributed by atoms with E-state index < -0.39 is 11.7 Å². The Morgan fingerprint density at radius 2 is 2.27 bits per heavy atom. The summed E-state index contributed by atoms with van der Waals surface area (Å²) in [6.07, 6.45) is -2.04. The van der Waals surface area contributed by atoms with Crippen molar-refractivity contribution >= 4 is 5.91 Å². The lowest BCUT2D eigenvalue weighted by molar-refractivity contribution is -0.137. The van der Waals surface area contributed by atoms with E-state index >= 15 is 0 Å². The maximum Gasteiger partial charge on any atom is 0.417 e. The Morgan fingerprint density at radius 3 is 2.86 bits per heavy atom. The van der Waals surface area contributed by atoms with Crippen LogP contribution < -0.4 is 10.1 Å². The van der Waals surface area contributed by atoms with E-state index in [1.807, 2.05) is 0 Å². The minimum absolute atomic E-state index is 0.0863. The Labute approximate surface area is 125 Å². The van der Waals surface area contributed by atoms with Crippen LogP contribution in [0.4, 0.5) is 13.2 Å². The minimum atomic E-state index is -4.42. The first kappa shape index (κ1) is 16.5. The second kappa shape index (κ2) is 7.44. The summed E-state index contributed by atoms with van der Waals surface area (Å²) < 4.78 is 47.5. The van der Waals surface area contributed by atoms with Gasteiger partial charge in [-0.15, -0.1) is 0 Å². The number of hydrogen-bond acceptors (Lipinski definition) is 4. The Bertz CT molecular complexity index is 485. The van der Waals surface area contributed by atoms with Gasteiger partial charge in [0.25, 0.3) is 0 Å². The van der Waals surface area contributed by atoms with Crippen LogP contribution in [0.3, 0.4) is 0 Å². The summed E-state index contributed by atoms with van der Waals surface area (Å²) in [5.41, 5.74) is -0.828. The van der Waals surface area contributed by atoms with E-state index in [2.05, 4.69) is 10.3 Å². The van der Waals surface area contributed by atoms with Gasteiger partial charge in [0.2, 0.25) is 11.8 Å². The first-order chi connectivity index (χ1) is 10.5. The number of pyridine rings is 1. The van der Waals surface area contributed by atoms with Gasteiger partial charge in [-0.2, -0.15) is 13.2 Å². The number of nitrogens with one attached hydrogen (secondary N) is 1. The largest absolute Gasteiger partial charge is 0.476 e. The molecule has 122 valence electrons. The molecule has 0 spiro atoms. The highest BCUT2D eigenvalue weighted by atomic mass is 19.4. The van der Waals surface area contributed by atoms with E-state index in [0.29, 0.717) is 19.4 Å². The predicted octanol–water partition coefficient (Wildman–Crippen LogP) is 2.02. The van der Waals surface area contributed by atoms with Crippen LogP contribution in [0.2, 0.25) is 0 Å². The van der Waals surface area contributed by atoms with Gasteiger partial charge in [0.1, 0.15) is 6.61 Å². The molecule has 1 amide bonds. The van der Waals surface area contributed by atoms with Gasteiger partial charge < -0.3 is 14.8 Å². The zero-order valence-electron chi connectivity index (χ0n) is 11.9. The molecule has 0 bridgehead atoms. The van der Waals surface area contributed by atoms with E-state index in [1.165, 1.54) is 0 Å². The molecule has 2 heterocycles. The van der Waals surface area contributed by atoms with Gasteiger partial charge in [-0.1, -0.05) is 0 Å². The van der Waals surface area contributed by atoms with Crippen molar-refractivity contribution in [3.8, 4) is 5.88 Å². The standard InChI is InChI=1S/C14H17F3N2O3/c15-14(16,17)11-3-4-12(19-8-11)22-7-5-18-13(20)10-2-1-6-21-9-10/h3-4,8,10H,1-2,5-7,9H2,(H,18,20)/t10-/m1/s1. The summed E-state index contributed by atoms with van der Waals surface area (Å²) >= 11 is 0. The lowest BCUT2D eigenvalue weighted by Crippen LogP contribution is -2.37. The second-order valence-corrected chi connectivity index (χ2v) is 4.94. The first-order valence-electron chi connectivity index (χ1n) is 6.98. The summed E-state index contributed by atoms with van der Waals surface area (Å²) in [6.45, 7) is 1.51. The van der Waals surface area contributed by atoms with Crippen molar-refractivity contribution in [3.63, 3.8) is 0 Å². The molecule has 1 aliphatic rings. The fourth-order valence-electron chi connectivity index (χ4n) is 2.06. The first-order valence-corrected chi connectivity index (χ1v) is 6.98.